The van der Waals surface area contributed by atoms with Gasteiger partial charge in [-0.05, 0) is 55.5 Å². The average molecular weight is 448 g/mol. The molecule has 2 N–H and O–H groups in total. The van der Waals surface area contributed by atoms with E-state index in [0.717, 1.165) is 70.2 Å². The van der Waals surface area contributed by atoms with Crippen molar-refractivity contribution in [3.05, 3.63) is 35.5 Å². The van der Waals surface area contributed by atoms with Crippen LogP contribution in [0, 0.1) is 0 Å². The van der Waals surface area contributed by atoms with Gasteiger partial charge in [-0.15, -0.1) is 0 Å². The molecule has 1 heterocycles. The average Bonchev–Trinajstić information content (AvgIpc) is 2.83. The Kier molecular flexibility index (Phi) is 10.6. The maximum Gasteiger partial charge on any atom is 0.161 e. The normalized spacial score (nSPS) is 20.2. The number of aliphatic hydroxyl groups is 1. The Balaban J connectivity index is 1.39. The summed E-state index contributed by atoms with van der Waals surface area (Å²) in [5.41, 5.74) is 2.87. The molecule has 0 unspecified atom stereocenters. The number of hydrogen-bond donors (Lipinski definition) is 2. The van der Waals surface area contributed by atoms with E-state index in [1.165, 1.54) is 24.0 Å². The van der Waals surface area contributed by atoms with Crippen LogP contribution in [0.15, 0.2) is 30.0 Å². The van der Waals surface area contributed by atoms with Crippen LogP contribution in [0.3, 0.4) is 0 Å². The third-order valence-corrected chi connectivity index (χ3v) is 6.59. The molecule has 1 aliphatic heterocycles. The first-order valence-electron chi connectivity index (χ1n) is 12.0. The zero-order valence-electron chi connectivity index (χ0n) is 19.9. The summed E-state index contributed by atoms with van der Waals surface area (Å²) in [6.45, 7) is 8.55. The topological polar surface area (TPSA) is 66.4 Å². The molecule has 2 aliphatic rings. The summed E-state index contributed by atoms with van der Waals surface area (Å²) in [6, 6.07) is 6.35. The van der Waals surface area contributed by atoms with E-state index in [9.17, 15) is 0 Å². The van der Waals surface area contributed by atoms with Crippen molar-refractivity contribution in [2.24, 2.45) is 0 Å². The van der Waals surface area contributed by atoms with Crippen molar-refractivity contribution in [1.29, 1.82) is 0 Å². The van der Waals surface area contributed by atoms with Gasteiger partial charge >= 0.3 is 0 Å². The van der Waals surface area contributed by atoms with Crippen molar-refractivity contribution in [2.75, 3.05) is 79.9 Å². The molecule has 1 saturated heterocycles. The zero-order chi connectivity index (χ0) is 22.6. The molecule has 0 atom stereocenters. The van der Waals surface area contributed by atoms with Crippen LogP contribution in [0.25, 0.3) is 0 Å². The van der Waals surface area contributed by atoms with Gasteiger partial charge in [0.05, 0.1) is 20.3 Å². The molecule has 7 heteroatoms. The molecule has 0 amide bonds. The fourth-order valence-corrected chi connectivity index (χ4v) is 4.58. The van der Waals surface area contributed by atoms with Crippen molar-refractivity contribution in [3.63, 3.8) is 0 Å². The monoisotopic (exact) mass is 447 g/mol. The lowest BCUT2D eigenvalue weighted by Gasteiger charge is -2.34. The standard InChI is InChI=1S/C25H41N3O4/c1-30-17-18-32-25-19-23(7-8-24(25)31-2)22-5-3-21(4-6-22)20-26-9-10-27-11-13-28(14-12-27)15-16-29/h7-8,19-20,22,26,29H,3-6,9-18H2,1-2H3. The fourth-order valence-electron chi connectivity index (χ4n) is 4.58. The van der Waals surface area contributed by atoms with Crippen LogP contribution in [-0.4, -0.2) is 94.8 Å². The van der Waals surface area contributed by atoms with Gasteiger partial charge in [-0.2, -0.15) is 0 Å². The lowest BCUT2D eigenvalue weighted by atomic mass is 9.82. The Bertz CT molecular complexity index is 694. The lowest BCUT2D eigenvalue weighted by Crippen LogP contribution is -2.48. The van der Waals surface area contributed by atoms with Gasteiger partial charge in [0.1, 0.15) is 6.61 Å². The molecule has 2 fully saturated rings. The maximum atomic E-state index is 9.05. The molecule has 1 aromatic rings. The second kappa shape index (κ2) is 13.7. The predicted molar refractivity (Wildman–Crippen MR) is 128 cm³/mol. The number of hydrogen-bond acceptors (Lipinski definition) is 7. The van der Waals surface area contributed by atoms with Gasteiger partial charge < -0.3 is 24.6 Å². The number of β-amino-alcohol motifs (C(OH)–C–C–N with tert-alkyl or cyclic N) is 1. The number of nitrogens with zero attached hydrogens (tertiary/aromatic N) is 2. The molecular formula is C25H41N3O4. The quantitative estimate of drug-likeness (QED) is 0.477. The van der Waals surface area contributed by atoms with Crippen LogP contribution >= 0.6 is 0 Å². The Morgan fingerprint density at radius 1 is 1.00 bits per heavy atom. The molecular weight excluding hydrogens is 406 g/mol. The Hall–Kier alpha value is -1.80. The predicted octanol–water partition coefficient (Wildman–Crippen LogP) is 2.46. The van der Waals surface area contributed by atoms with Gasteiger partial charge in [0.2, 0.25) is 0 Å². The van der Waals surface area contributed by atoms with Gasteiger partial charge in [-0.1, -0.05) is 11.6 Å². The van der Waals surface area contributed by atoms with E-state index in [0.29, 0.717) is 19.1 Å². The molecule has 1 aromatic carbocycles. The van der Waals surface area contributed by atoms with E-state index in [1.807, 2.05) is 6.07 Å². The zero-order valence-corrected chi connectivity index (χ0v) is 19.9. The van der Waals surface area contributed by atoms with Crippen LogP contribution in [-0.2, 0) is 4.74 Å². The number of ether oxygens (including phenoxy) is 3. The largest absolute Gasteiger partial charge is 0.493 e. The van der Waals surface area contributed by atoms with Crippen molar-refractivity contribution >= 4 is 0 Å². The summed E-state index contributed by atoms with van der Waals surface area (Å²) in [7, 11) is 3.36. The molecule has 0 radical (unpaired) electrons. The Morgan fingerprint density at radius 3 is 2.38 bits per heavy atom. The van der Waals surface area contributed by atoms with Crippen LogP contribution in [0.4, 0.5) is 0 Å². The Morgan fingerprint density at radius 2 is 1.72 bits per heavy atom. The first-order valence-corrected chi connectivity index (χ1v) is 12.0. The van der Waals surface area contributed by atoms with Gasteiger partial charge in [-0.3, -0.25) is 9.80 Å². The number of methoxy groups -OCH3 is 2. The number of rotatable bonds is 12. The fraction of sp³-hybridized carbons (Fsp3) is 0.680. The molecule has 180 valence electrons. The SMILES string of the molecule is COCCOc1cc(C2CCC(=CNCCN3CCN(CCO)CC3)CC2)ccc1OC. The van der Waals surface area contributed by atoms with Gasteiger partial charge in [0.15, 0.2) is 11.5 Å². The minimum Gasteiger partial charge on any atom is -0.493 e. The second-order valence-electron chi connectivity index (χ2n) is 8.69. The first kappa shape index (κ1) is 24.8. The van der Waals surface area contributed by atoms with E-state index >= 15 is 0 Å². The van der Waals surface area contributed by atoms with Gasteiger partial charge in [-0.25, -0.2) is 0 Å². The molecule has 3 rings (SSSR count). The first-order chi connectivity index (χ1) is 15.7. The summed E-state index contributed by atoms with van der Waals surface area (Å²) < 4.78 is 16.4. The van der Waals surface area contributed by atoms with Crippen LogP contribution in [0.2, 0.25) is 0 Å². The van der Waals surface area contributed by atoms with E-state index in [4.69, 9.17) is 19.3 Å². The van der Waals surface area contributed by atoms with Gasteiger partial charge in [0, 0.05) is 52.9 Å². The number of aliphatic hydroxyl groups excluding tert-OH is 1. The molecule has 0 spiro atoms. The second-order valence-corrected chi connectivity index (χ2v) is 8.69. The number of allylic oxidation sites excluding steroid dienone is 1. The third-order valence-electron chi connectivity index (χ3n) is 6.59. The molecule has 0 aromatic heterocycles. The number of benzene rings is 1. The van der Waals surface area contributed by atoms with E-state index in [1.54, 1.807) is 14.2 Å². The van der Waals surface area contributed by atoms with Crippen molar-refractivity contribution < 1.29 is 19.3 Å². The lowest BCUT2D eigenvalue weighted by molar-refractivity contribution is 0.114. The molecule has 7 nitrogen and oxygen atoms in total. The number of piperazine rings is 1. The molecule has 1 aliphatic carbocycles. The summed E-state index contributed by atoms with van der Waals surface area (Å²) >= 11 is 0. The highest BCUT2D eigenvalue weighted by Gasteiger charge is 2.20. The smallest absolute Gasteiger partial charge is 0.161 e. The van der Waals surface area contributed by atoms with Crippen molar-refractivity contribution in [2.45, 2.75) is 31.6 Å². The molecule has 0 bridgehead atoms. The molecule has 32 heavy (non-hydrogen) atoms. The maximum absolute atomic E-state index is 9.05. The van der Waals surface area contributed by atoms with Crippen LogP contribution in [0.1, 0.15) is 37.2 Å². The van der Waals surface area contributed by atoms with Crippen molar-refractivity contribution in [1.82, 2.24) is 15.1 Å². The number of nitrogens with one attached hydrogen (secondary N) is 1. The van der Waals surface area contributed by atoms with Crippen molar-refractivity contribution in [3.8, 4) is 11.5 Å². The minimum absolute atomic E-state index is 0.262. The summed E-state index contributed by atoms with van der Waals surface area (Å²) in [5.74, 6) is 2.15. The van der Waals surface area contributed by atoms with E-state index in [-0.39, 0.29) is 6.61 Å². The summed E-state index contributed by atoms with van der Waals surface area (Å²) in [4.78, 5) is 4.84. The Labute approximate surface area is 193 Å². The highest BCUT2D eigenvalue weighted by Crippen LogP contribution is 2.38. The van der Waals surface area contributed by atoms with Gasteiger partial charge in [0.25, 0.3) is 0 Å². The highest BCUT2D eigenvalue weighted by atomic mass is 16.5. The van der Waals surface area contributed by atoms with Crippen LogP contribution < -0.4 is 14.8 Å². The van der Waals surface area contributed by atoms with E-state index in [2.05, 4.69) is 33.4 Å². The molecule has 1 saturated carbocycles. The minimum atomic E-state index is 0.262. The van der Waals surface area contributed by atoms with Crippen LogP contribution in [0.5, 0.6) is 11.5 Å². The summed E-state index contributed by atoms with van der Waals surface area (Å²) in [5, 5.41) is 12.6. The van der Waals surface area contributed by atoms with E-state index < -0.39 is 0 Å². The highest BCUT2D eigenvalue weighted by molar-refractivity contribution is 5.44. The third kappa shape index (κ3) is 7.66. The summed E-state index contributed by atoms with van der Waals surface area (Å²) in [6.07, 6.45) is 6.88.